The van der Waals surface area contributed by atoms with E-state index in [1.54, 1.807) is 0 Å². The predicted molar refractivity (Wildman–Crippen MR) is 168 cm³/mol. The second kappa shape index (κ2) is 7.83. The molecule has 9 rings (SSSR count). The fourth-order valence-electron chi connectivity index (χ4n) is 6.51. The summed E-state index contributed by atoms with van der Waals surface area (Å²) < 4.78 is 7.60. The van der Waals surface area contributed by atoms with Gasteiger partial charge in [0.2, 0.25) is 0 Å². The molecule has 0 atom stereocenters. The lowest BCUT2D eigenvalue weighted by Crippen LogP contribution is -2.03. The molecule has 6 aromatic carbocycles. The Labute approximate surface area is 228 Å². The Morgan fingerprint density at radius 2 is 0.821 bits per heavy atom. The van der Waals surface area contributed by atoms with Crippen LogP contribution in [0.3, 0.4) is 0 Å². The smallest absolute Gasteiger partial charge is 0.0720 e. The van der Waals surface area contributed by atoms with Crippen LogP contribution in [0.4, 0.5) is 0 Å². The lowest BCUT2D eigenvalue weighted by Gasteiger charge is -2.16. The molecule has 182 valence electrons. The molecule has 0 saturated carbocycles. The Morgan fingerprint density at radius 3 is 1.49 bits per heavy atom. The van der Waals surface area contributed by atoms with E-state index in [4.69, 9.17) is 0 Å². The maximum atomic E-state index is 2.50. The number of hydrogen-bond donors (Lipinski definition) is 0. The van der Waals surface area contributed by atoms with Gasteiger partial charge in [0.25, 0.3) is 0 Å². The monoisotopic (exact) mass is 514 g/mol. The molecular formula is C36H22N2S. The number of fused-ring (bicyclic) bond motifs is 10. The van der Waals surface area contributed by atoms with Gasteiger partial charge in [0, 0.05) is 37.0 Å². The Kier molecular flexibility index (Phi) is 4.24. The molecule has 0 radical (unpaired) electrons. The number of aromatic nitrogens is 2. The zero-order valence-corrected chi connectivity index (χ0v) is 21.8. The normalized spacial score (nSPS) is 12.1. The minimum absolute atomic E-state index is 1.18. The highest BCUT2D eigenvalue weighted by atomic mass is 32.1. The second-order valence-electron chi connectivity index (χ2n) is 10.1. The highest BCUT2D eigenvalue weighted by molar-refractivity contribution is 7.26. The Bertz CT molecular complexity index is 2350. The van der Waals surface area contributed by atoms with Crippen molar-refractivity contribution >= 4 is 75.1 Å². The van der Waals surface area contributed by atoms with Gasteiger partial charge in [-0.3, -0.25) is 0 Å². The zero-order valence-electron chi connectivity index (χ0n) is 21.0. The number of para-hydroxylation sites is 5. The zero-order chi connectivity index (χ0) is 25.5. The molecule has 0 unspecified atom stereocenters. The van der Waals surface area contributed by atoms with Gasteiger partial charge in [0.15, 0.2) is 0 Å². The van der Waals surface area contributed by atoms with Gasteiger partial charge >= 0.3 is 0 Å². The standard InChI is InChI=1S/C36H22N2S/c1-5-15-29-23(11-1)24-12-2-6-16-30(24)37(29)32-18-8-9-19-33(32)38-31-17-7-3-13-25(31)27-21-22-28-26-14-4-10-20-34(26)39-36(28)35(27)38/h1-22H. The summed E-state index contributed by atoms with van der Waals surface area (Å²) in [6.45, 7) is 0. The van der Waals surface area contributed by atoms with Gasteiger partial charge in [0.05, 0.1) is 38.1 Å². The van der Waals surface area contributed by atoms with Gasteiger partial charge in [-0.25, -0.2) is 0 Å². The molecule has 9 aromatic rings. The van der Waals surface area contributed by atoms with Crippen LogP contribution in [0, 0.1) is 0 Å². The average molecular weight is 515 g/mol. The van der Waals surface area contributed by atoms with Gasteiger partial charge in [-0.15, -0.1) is 11.3 Å². The van der Waals surface area contributed by atoms with Crippen LogP contribution in [0.1, 0.15) is 0 Å². The lowest BCUT2D eigenvalue weighted by molar-refractivity contribution is 1.10. The van der Waals surface area contributed by atoms with E-state index in [0.717, 1.165) is 0 Å². The van der Waals surface area contributed by atoms with Crippen molar-refractivity contribution in [1.29, 1.82) is 0 Å². The fourth-order valence-corrected chi connectivity index (χ4v) is 7.75. The van der Waals surface area contributed by atoms with Crippen molar-refractivity contribution in [2.75, 3.05) is 0 Å². The molecule has 39 heavy (non-hydrogen) atoms. The highest BCUT2D eigenvalue weighted by Gasteiger charge is 2.21. The van der Waals surface area contributed by atoms with E-state index in [9.17, 15) is 0 Å². The summed E-state index contributed by atoms with van der Waals surface area (Å²) in [5.74, 6) is 0. The third kappa shape index (κ3) is 2.80. The van der Waals surface area contributed by atoms with E-state index in [0.29, 0.717) is 0 Å². The van der Waals surface area contributed by atoms with Gasteiger partial charge < -0.3 is 9.13 Å². The fraction of sp³-hybridized carbons (Fsp3) is 0. The quantitative estimate of drug-likeness (QED) is 0.217. The average Bonchev–Trinajstić information content (AvgIpc) is 3.65. The first-order valence-corrected chi connectivity index (χ1v) is 14.1. The number of hydrogen-bond acceptors (Lipinski definition) is 1. The summed E-state index contributed by atoms with van der Waals surface area (Å²) in [6, 6.07) is 48.6. The molecule has 0 aliphatic heterocycles. The number of nitrogens with zero attached hydrogens (tertiary/aromatic N) is 2. The van der Waals surface area contributed by atoms with Crippen LogP contribution < -0.4 is 0 Å². The molecule has 3 heteroatoms. The molecule has 2 nitrogen and oxygen atoms in total. The van der Waals surface area contributed by atoms with Gasteiger partial charge in [-0.05, 0) is 36.4 Å². The van der Waals surface area contributed by atoms with Crippen LogP contribution in [0.5, 0.6) is 0 Å². The molecule has 0 amide bonds. The summed E-state index contributed by atoms with van der Waals surface area (Å²) in [6.07, 6.45) is 0. The van der Waals surface area contributed by atoms with Gasteiger partial charge in [-0.1, -0.05) is 97.1 Å². The summed E-state index contributed by atoms with van der Waals surface area (Å²) in [4.78, 5) is 0. The first-order chi connectivity index (χ1) is 19.4. The largest absolute Gasteiger partial charge is 0.307 e. The lowest BCUT2D eigenvalue weighted by atomic mass is 10.1. The van der Waals surface area contributed by atoms with E-state index >= 15 is 0 Å². The van der Waals surface area contributed by atoms with Crippen molar-refractivity contribution in [3.8, 4) is 11.4 Å². The second-order valence-corrected chi connectivity index (χ2v) is 11.2. The molecule has 3 heterocycles. The summed E-state index contributed by atoms with van der Waals surface area (Å²) in [7, 11) is 0. The topological polar surface area (TPSA) is 9.86 Å². The summed E-state index contributed by atoms with van der Waals surface area (Å²) in [5, 5.41) is 7.77. The van der Waals surface area contributed by atoms with Crippen LogP contribution in [-0.2, 0) is 0 Å². The van der Waals surface area contributed by atoms with Crippen molar-refractivity contribution in [1.82, 2.24) is 9.13 Å². The van der Waals surface area contributed by atoms with Crippen molar-refractivity contribution in [3.05, 3.63) is 133 Å². The number of thiophene rings is 1. The van der Waals surface area contributed by atoms with Crippen LogP contribution in [-0.4, -0.2) is 9.13 Å². The van der Waals surface area contributed by atoms with Crippen LogP contribution in [0.15, 0.2) is 133 Å². The third-order valence-corrected chi connectivity index (χ3v) is 9.32. The minimum atomic E-state index is 1.18. The SMILES string of the molecule is c1ccc(-n2c3ccccc3c3ccc4c5ccccc5sc4c32)c(-n2c3ccccc3c3ccccc32)c1. The minimum Gasteiger partial charge on any atom is -0.307 e. The first-order valence-electron chi connectivity index (χ1n) is 13.3. The van der Waals surface area contributed by atoms with E-state index in [1.807, 2.05) is 11.3 Å². The molecule has 3 aromatic heterocycles. The Balaban J connectivity index is 1.49. The van der Waals surface area contributed by atoms with E-state index in [1.165, 1.54) is 75.2 Å². The number of benzene rings is 6. The molecule has 0 saturated heterocycles. The maximum absolute atomic E-state index is 2.50. The van der Waals surface area contributed by atoms with Crippen molar-refractivity contribution in [2.24, 2.45) is 0 Å². The Morgan fingerprint density at radius 1 is 0.359 bits per heavy atom. The summed E-state index contributed by atoms with van der Waals surface area (Å²) in [5.41, 5.74) is 7.31. The van der Waals surface area contributed by atoms with E-state index in [2.05, 4.69) is 143 Å². The van der Waals surface area contributed by atoms with E-state index < -0.39 is 0 Å². The van der Waals surface area contributed by atoms with Gasteiger partial charge in [-0.2, -0.15) is 0 Å². The third-order valence-electron chi connectivity index (χ3n) is 8.12. The first kappa shape index (κ1) is 21.1. The van der Waals surface area contributed by atoms with Crippen molar-refractivity contribution < 1.29 is 0 Å². The van der Waals surface area contributed by atoms with Crippen LogP contribution >= 0.6 is 11.3 Å². The van der Waals surface area contributed by atoms with Crippen molar-refractivity contribution in [3.63, 3.8) is 0 Å². The molecule has 0 fully saturated rings. The molecule has 0 aliphatic carbocycles. The van der Waals surface area contributed by atoms with Gasteiger partial charge in [0.1, 0.15) is 0 Å². The molecular weight excluding hydrogens is 492 g/mol. The van der Waals surface area contributed by atoms with E-state index in [-0.39, 0.29) is 0 Å². The maximum Gasteiger partial charge on any atom is 0.0720 e. The molecule has 0 aliphatic rings. The molecule has 0 N–H and O–H groups in total. The highest BCUT2D eigenvalue weighted by Crippen LogP contribution is 2.44. The predicted octanol–water partition coefficient (Wildman–Crippen LogP) is 10.2. The summed E-state index contributed by atoms with van der Waals surface area (Å²) >= 11 is 1.90. The van der Waals surface area contributed by atoms with Crippen LogP contribution in [0.2, 0.25) is 0 Å². The van der Waals surface area contributed by atoms with Crippen molar-refractivity contribution in [2.45, 2.75) is 0 Å². The molecule has 0 spiro atoms. The van der Waals surface area contributed by atoms with Crippen LogP contribution in [0.25, 0.3) is 75.2 Å². The Hall–Kier alpha value is -4.86. The molecule has 0 bridgehead atoms. The number of rotatable bonds is 2.